The Labute approximate surface area is 130 Å². The summed E-state index contributed by atoms with van der Waals surface area (Å²) < 4.78 is 0. The lowest BCUT2D eigenvalue weighted by molar-refractivity contribution is 0.367. The quantitative estimate of drug-likeness (QED) is 0.512. The van der Waals surface area contributed by atoms with Crippen LogP contribution in [0.2, 0.25) is 0 Å². The van der Waals surface area contributed by atoms with Gasteiger partial charge in [0.1, 0.15) is 11.8 Å². The average Bonchev–Trinajstić information content (AvgIpc) is 2.53. The van der Waals surface area contributed by atoms with Crippen molar-refractivity contribution < 1.29 is 0 Å². The van der Waals surface area contributed by atoms with Gasteiger partial charge >= 0.3 is 0 Å². The van der Waals surface area contributed by atoms with Crippen LogP contribution in [0.5, 0.6) is 0 Å². The molecule has 0 bridgehead atoms. The Morgan fingerprint density at radius 2 is 1.67 bits per heavy atom. The van der Waals surface area contributed by atoms with Crippen molar-refractivity contribution in [3.8, 4) is 6.07 Å². The predicted octanol–water partition coefficient (Wildman–Crippen LogP) is 5.76. The maximum atomic E-state index is 8.88. The van der Waals surface area contributed by atoms with E-state index < -0.39 is 0 Å². The second-order valence-corrected chi connectivity index (χ2v) is 6.37. The van der Waals surface area contributed by atoms with Crippen molar-refractivity contribution in [2.45, 2.75) is 84.0 Å². The topological polar surface area (TPSA) is 36.7 Å². The molecular weight excluding hydrogens is 256 g/mol. The molecule has 1 heterocycles. The highest BCUT2D eigenvalue weighted by Crippen LogP contribution is 2.34. The van der Waals surface area contributed by atoms with E-state index in [9.17, 15) is 0 Å². The summed E-state index contributed by atoms with van der Waals surface area (Å²) in [6.45, 7) is 6.87. The van der Waals surface area contributed by atoms with E-state index in [2.05, 4.69) is 37.9 Å². The van der Waals surface area contributed by atoms with Gasteiger partial charge in [0, 0.05) is 6.20 Å². The van der Waals surface area contributed by atoms with E-state index in [1.54, 1.807) is 0 Å². The second-order valence-electron chi connectivity index (χ2n) is 6.37. The van der Waals surface area contributed by atoms with E-state index in [-0.39, 0.29) is 5.41 Å². The van der Waals surface area contributed by atoms with Crippen molar-refractivity contribution in [1.29, 1.82) is 5.26 Å². The third-order valence-corrected chi connectivity index (χ3v) is 4.49. The highest BCUT2D eigenvalue weighted by atomic mass is 14.7. The predicted molar refractivity (Wildman–Crippen MR) is 89.2 cm³/mol. The Morgan fingerprint density at radius 1 is 1.00 bits per heavy atom. The molecule has 0 aliphatic heterocycles. The van der Waals surface area contributed by atoms with Crippen LogP contribution in [0.25, 0.3) is 0 Å². The number of nitrogens with zero attached hydrogens (tertiary/aromatic N) is 2. The first-order valence-corrected chi connectivity index (χ1v) is 8.53. The zero-order valence-corrected chi connectivity index (χ0v) is 14.0. The molecular formula is C19H30N2. The Hall–Kier alpha value is -1.36. The molecule has 1 atom stereocenters. The zero-order valence-electron chi connectivity index (χ0n) is 14.0. The number of pyridine rings is 1. The lowest BCUT2D eigenvalue weighted by Gasteiger charge is -2.30. The third kappa shape index (κ3) is 5.87. The number of hydrogen-bond donors (Lipinski definition) is 0. The third-order valence-electron chi connectivity index (χ3n) is 4.49. The number of hydrogen-bond acceptors (Lipinski definition) is 2. The molecule has 1 rings (SSSR count). The lowest BCUT2D eigenvalue weighted by atomic mass is 9.75. The van der Waals surface area contributed by atoms with Gasteiger partial charge in [0.15, 0.2) is 0 Å². The van der Waals surface area contributed by atoms with Crippen LogP contribution in [0.3, 0.4) is 0 Å². The van der Waals surface area contributed by atoms with Crippen molar-refractivity contribution in [2.75, 3.05) is 0 Å². The lowest BCUT2D eigenvalue weighted by Crippen LogP contribution is -2.22. The molecule has 0 N–H and O–H groups in total. The first-order chi connectivity index (χ1) is 10.2. The van der Waals surface area contributed by atoms with Gasteiger partial charge in [-0.05, 0) is 29.9 Å². The maximum absolute atomic E-state index is 8.88. The molecule has 0 fully saturated rings. The van der Waals surface area contributed by atoms with Crippen LogP contribution < -0.4 is 0 Å². The van der Waals surface area contributed by atoms with Gasteiger partial charge in [0.25, 0.3) is 0 Å². The van der Waals surface area contributed by atoms with Crippen LogP contribution in [0.4, 0.5) is 0 Å². The summed E-state index contributed by atoms with van der Waals surface area (Å²) in [5.74, 6) is 0. The van der Waals surface area contributed by atoms with Crippen molar-refractivity contribution in [1.82, 2.24) is 4.98 Å². The Bertz CT molecular complexity index is 430. The van der Waals surface area contributed by atoms with Gasteiger partial charge < -0.3 is 0 Å². The summed E-state index contributed by atoms with van der Waals surface area (Å²) in [6.07, 6.45) is 13.5. The Morgan fingerprint density at radius 3 is 2.24 bits per heavy atom. The van der Waals surface area contributed by atoms with E-state index in [0.29, 0.717) is 5.69 Å². The molecule has 0 radical (unpaired) electrons. The molecule has 1 aromatic rings. The maximum Gasteiger partial charge on any atom is 0.140 e. The zero-order chi connectivity index (χ0) is 15.6. The van der Waals surface area contributed by atoms with Crippen molar-refractivity contribution in [3.63, 3.8) is 0 Å². The smallest absolute Gasteiger partial charge is 0.140 e. The molecule has 0 saturated heterocycles. The summed E-state index contributed by atoms with van der Waals surface area (Å²) in [5.41, 5.74) is 2.02. The fourth-order valence-corrected chi connectivity index (χ4v) is 2.92. The molecule has 21 heavy (non-hydrogen) atoms. The molecule has 0 aromatic carbocycles. The van der Waals surface area contributed by atoms with E-state index in [4.69, 9.17) is 5.26 Å². The molecule has 0 spiro atoms. The summed E-state index contributed by atoms with van der Waals surface area (Å²) in [6, 6.07) is 6.07. The summed E-state index contributed by atoms with van der Waals surface area (Å²) in [5, 5.41) is 8.88. The van der Waals surface area contributed by atoms with Gasteiger partial charge in [-0.15, -0.1) is 0 Å². The van der Waals surface area contributed by atoms with E-state index >= 15 is 0 Å². The molecule has 1 unspecified atom stereocenters. The molecule has 2 nitrogen and oxygen atoms in total. The SMILES string of the molecule is CCCCCCCC(C)(CCCC)c1ccc(C#N)nc1. The molecule has 2 heteroatoms. The fourth-order valence-electron chi connectivity index (χ4n) is 2.92. The van der Waals surface area contributed by atoms with Crippen LogP contribution in [-0.2, 0) is 5.41 Å². The fraction of sp³-hybridized carbons (Fsp3) is 0.684. The van der Waals surface area contributed by atoms with Crippen molar-refractivity contribution >= 4 is 0 Å². The first kappa shape index (κ1) is 17.7. The van der Waals surface area contributed by atoms with Crippen LogP contribution in [-0.4, -0.2) is 4.98 Å². The molecule has 0 aliphatic rings. The normalized spacial score (nSPS) is 13.6. The van der Waals surface area contributed by atoms with Crippen LogP contribution in [0, 0.1) is 11.3 Å². The van der Waals surface area contributed by atoms with E-state index in [1.807, 2.05) is 12.3 Å². The molecule has 0 aliphatic carbocycles. The van der Waals surface area contributed by atoms with Gasteiger partial charge in [0.2, 0.25) is 0 Å². The van der Waals surface area contributed by atoms with Gasteiger partial charge in [-0.1, -0.05) is 71.8 Å². The highest BCUT2D eigenvalue weighted by molar-refractivity contribution is 5.27. The molecule has 0 saturated carbocycles. The van der Waals surface area contributed by atoms with Crippen molar-refractivity contribution in [3.05, 3.63) is 29.6 Å². The highest BCUT2D eigenvalue weighted by Gasteiger charge is 2.25. The van der Waals surface area contributed by atoms with Crippen LogP contribution in [0.15, 0.2) is 18.3 Å². The molecule has 1 aromatic heterocycles. The molecule has 0 amide bonds. The van der Waals surface area contributed by atoms with Gasteiger partial charge in [0.05, 0.1) is 0 Å². The summed E-state index contributed by atoms with van der Waals surface area (Å²) >= 11 is 0. The van der Waals surface area contributed by atoms with E-state index in [1.165, 1.54) is 63.4 Å². The minimum absolute atomic E-state index is 0.212. The molecule has 116 valence electrons. The van der Waals surface area contributed by atoms with Crippen molar-refractivity contribution in [2.24, 2.45) is 0 Å². The standard InChI is InChI=1S/C19H30N2/c1-4-6-8-9-10-14-19(3,13-7-5-2)17-11-12-18(15-20)21-16-17/h11-12,16H,4-10,13-14H2,1-3H3. The van der Waals surface area contributed by atoms with E-state index in [0.717, 1.165) is 0 Å². The van der Waals surface area contributed by atoms with Gasteiger partial charge in [-0.3, -0.25) is 0 Å². The second kappa shape index (κ2) is 9.55. The number of nitriles is 1. The summed E-state index contributed by atoms with van der Waals surface area (Å²) in [7, 11) is 0. The monoisotopic (exact) mass is 286 g/mol. The summed E-state index contributed by atoms with van der Waals surface area (Å²) in [4.78, 5) is 4.27. The number of unbranched alkanes of at least 4 members (excludes halogenated alkanes) is 5. The largest absolute Gasteiger partial charge is 0.245 e. The average molecular weight is 286 g/mol. The Kier molecular flexibility index (Phi) is 8.05. The first-order valence-electron chi connectivity index (χ1n) is 8.53. The van der Waals surface area contributed by atoms with Crippen LogP contribution in [0.1, 0.15) is 89.8 Å². The minimum Gasteiger partial charge on any atom is -0.245 e. The Balaban J connectivity index is 2.69. The minimum atomic E-state index is 0.212. The number of rotatable bonds is 10. The van der Waals surface area contributed by atoms with Crippen LogP contribution >= 0.6 is 0 Å². The van der Waals surface area contributed by atoms with Gasteiger partial charge in [-0.25, -0.2) is 4.98 Å². The number of aromatic nitrogens is 1. The van der Waals surface area contributed by atoms with Gasteiger partial charge in [-0.2, -0.15) is 5.26 Å².